The molecule has 2 aromatic rings. The average molecular weight is 402 g/mol. The number of methoxy groups -OCH3 is 1. The number of piperidine rings is 1. The molecule has 0 aromatic heterocycles. The molecule has 150 valence electrons. The molecule has 0 bridgehead atoms. The van der Waals surface area contributed by atoms with Crippen LogP contribution in [-0.2, 0) is 20.0 Å². The molecule has 1 heterocycles. The molecule has 2 aromatic carbocycles. The maximum atomic E-state index is 13.0. The fraction of sp³-hybridized carbons (Fsp3) is 0.409. The summed E-state index contributed by atoms with van der Waals surface area (Å²) in [7, 11) is -1.92. The van der Waals surface area contributed by atoms with Crippen LogP contribution in [0.4, 0.5) is 0 Å². The lowest BCUT2D eigenvalue weighted by atomic mass is 9.76. The molecule has 3 rings (SSSR count). The molecule has 0 aliphatic carbocycles. The van der Waals surface area contributed by atoms with E-state index in [0.717, 1.165) is 19.4 Å². The van der Waals surface area contributed by atoms with Crippen molar-refractivity contribution >= 4 is 15.7 Å². The van der Waals surface area contributed by atoms with Crippen LogP contribution in [0.25, 0.3) is 0 Å². The minimum absolute atomic E-state index is 0.0531. The van der Waals surface area contributed by atoms with Crippen LogP contribution in [0.2, 0.25) is 0 Å². The van der Waals surface area contributed by atoms with E-state index in [9.17, 15) is 13.2 Å². The summed E-state index contributed by atoms with van der Waals surface area (Å²) in [6.07, 6.45) is 1.98. The second-order valence-corrected chi connectivity index (χ2v) is 9.70. The second kappa shape index (κ2) is 8.45. The van der Waals surface area contributed by atoms with E-state index in [4.69, 9.17) is 4.74 Å². The van der Waals surface area contributed by atoms with E-state index in [1.807, 2.05) is 23.1 Å². The third kappa shape index (κ3) is 4.45. The Balaban J connectivity index is 1.75. The van der Waals surface area contributed by atoms with Crippen molar-refractivity contribution in [2.24, 2.45) is 0 Å². The Morgan fingerprint density at radius 3 is 2.43 bits per heavy atom. The van der Waals surface area contributed by atoms with Crippen molar-refractivity contribution in [3.05, 3.63) is 65.7 Å². The number of carbonyl (C=O) groups excluding carboxylic acids is 1. The van der Waals surface area contributed by atoms with Gasteiger partial charge in [0, 0.05) is 31.2 Å². The van der Waals surface area contributed by atoms with E-state index in [-0.39, 0.29) is 28.6 Å². The standard InChI is InChI=1S/C22H27NO4S/c1-22(19-7-4-3-5-8-19)13-6-14-23(17-22)21(24)18-9-11-20(12-10-18)28(25,26)16-15-27-2/h3-5,7-12H,6,13-17H2,1-2H3. The number of hydrogen-bond donors (Lipinski definition) is 0. The van der Waals surface area contributed by atoms with Crippen molar-refractivity contribution in [3.8, 4) is 0 Å². The Labute approximate surface area is 167 Å². The third-order valence-corrected chi connectivity index (χ3v) is 7.17. The van der Waals surface area contributed by atoms with Crippen LogP contribution in [0.5, 0.6) is 0 Å². The molecule has 1 saturated heterocycles. The third-order valence-electron chi connectivity index (χ3n) is 5.47. The number of benzene rings is 2. The molecule has 1 amide bonds. The van der Waals surface area contributed by atoms with Gasteiger partial charge in [-0.1, -0.05) is 37.3 Å². The molecule has 0 saturated carbocycles. The number of carbonyl (C=O) groups is 1. The lowest BCUT2D eigenvalue weighted by Gasteiger charge is -2.41. The molecule has 1 aliphatic rings. The number of amides is 1. The SMILES string of the molecule is COCCS(=O)(=O)c1ccc(C(=O)N2CCCC(C)(c3ccccc3)C2)cc1. The first-order chi connectivity index (χ1) is 13.4. The predicted octanol–water partition coefficient (Wildman–Crippen LogP) is 3.30. The van der Waals surface area contributed by atoms with E-state index in [1.54, 1.807) is 12.1 Å². The van der Waals surface area contributed by atoms with E-state index >= 15 is 0 Å². The Morgan fingerprint density at radius 2 is 1.79 bits per heavy atom. The van der Waals surface area contributed by atoms with Crippen LogP contribution in [0.15, 0.2) is 59.5 Å². The summed E-state index contributed by atoms with van der Waals surface area (Å²) in [6, 6.07) is 16.5. The highest BCUT2D eigenvalue weighted by Crippen LogP contribution is 2.34. The smallest absolute Gasteiger partial charge is 0.253 e. The fourth-order valence-corrected chi connectivity index (χ4v) is 4.96. The van der Waals surface area contributed by atoms with Gasteiger partial charge in [-0.2, -0.15) is 0 Å². The average Bonchev–Trinajstić information content (AvgIpc) is 2.72. The van der Waals surface area contributed by atoms with Crippen LogP contribution in [0.1, 0.15) is 35.7 Å². The summed E-state index contributed by atoms with van der Waals surface area (Å²) < 4.78 is 29.3. The monoisotopic (exact) mass is 401 g/mol. The first kappa shape index (κ1) is 20.6. The summed E-state index contributed by atoms with van der Waals surface area (Å²) in [6.45, 7) is 3.72. The van der Waals surface area contributed by atoms with E-state index < -0.39 is 9.84 Å². The van der Waals surface area contributed by atoms with Crippen molar-refractivity contribution in [2.45, 2.75) is 30.1 Å². The number of nitrogens with zero attached hydrogens (tertiary/aromatic N) is 1. The van der Waals surface area contributed by atoms with Crippen LogP contribution >= 0.6 is 0 Å². The Kier molecular flexibility index (Phi) is 6.20. The molecule has 0 N–H and O–H groups in total. The fourth-order valence-electron chi connectivity index (χ4n) is 3.79. The predicted molar refractivity (Wildman–Crippen MR) is 109 cm³/mol. The van der Waals surface area contributed by atoms with Gasteiger partial charge in [0.05, 0.1) is 17.3 Å². The summed E-state index contributed by atoms with van der Waals surface area (Å²) in [5, 5.41) is 0. The first-order valence-electron chi connectivity index (χ1n) is 9.52. The minimum atomic E-state index is -3.39. The molecule has 1 unspecified atom stereocenters. The van der Waals surface area contributed by atoms with Gasteiger partial charge in [0.2, 0.25) is 0 Å². The molecule has 0 spiro atoms. The van der Waals surface area contributed by atoms with E-state index in [1.165, 1.54) is 24.8 Å². The van der Waals surface area contributed by atoms with Gasteiger partial charge in [-0.3, -0.25) is 4.79 Å². The van der Waals surface area contributed by atoms with Gasteiger partial charge in [-0.15, -0.1) is 0 Å². The largest absolute Gasteiger partial charge is 0.384 e. The maximum absolute atomic E-state index is 13.0. The van der Waals surface area contributed by atoms with Crippen molar-refractivity contribution in [1.29, 1.82) is 0 Å². The highest BCUT2D eigenvalue weighted by Gasteiger charge is 2.34. The lowest BCUT2D eigenvalue weighted by Crippen LogP contribution is -2.47. The van der Waals surface area contributed by atoms with Gasteiger partial charge >= 0.3 is 0 Å². The van der Waals surface area contributed by atoms with Gasteiger partial charge < -0.3 is 9.64 Å². The molecular formula is C22H27NO4S. The maximum Gasteiger partial charge on any atom is 0.253 e. The van der Waals surface area contributed by atoms with E-state index in [0.29, 0.717) is 12.1 Å². The molecule has 6 heteroatoms. The first-order valence-corrected chi connectivity index (χ1v) is 11.2. The molecule has 28 heavy (non-hydrogen) atoms. The topological polar surface area (TPSA) is 63.7 Å². The van der Waals surface area contributed by atoms with Crippen LogP contribution < -0.4 is 0 Å². The molecular weight excluding hydrogens is 374 g/mol. The minimum Gasteiger partial charge on any atom is -0.384 e. The van der Waals surface area contributed by atoms with Gasteiger partial charge in [0.25, 0.3) is 5.91 Å². The van der Waals surface area contributed by atoms with Crippen molar-refractivity contribution in [2.75, 3.05) is 32.6 Å². The molecule has 5 nitrogen and oxygen atoms in total. The van der Waals surface area contributed by atoms with Crippen LogP contribution in [0, 0.1) is 0 Å². The van der Waals surface area contributed by atoms with Crippen molar-refractivity contribution in [1.82, 2.24) is 4.90 Å². The summed E-state index contributed by atoms with van der Waals surface area (Å²) >= 11 is 0. The molecule has 1 atom stereocenters. The zero-order valence-electron chi connectivity index (χ0n) is 16.4. The van der Waals surface area contributed by atoms with Crippen molar-refractivity contribution in [3.63, 3.8) is 0 Å². The zero-order chi connectivity index (χ0) is 20.2. The van der Waals surface area contributed by atoms with Crippen molar-refractivity contribution < 1.29 is 17.9 Å². The van der Waals surface area contributed by atoms with Gasteiger partial charge in [-0.25, -0.2) is 8.42 Å². The van der Waals surface area contributed by atoms with Gasteiger partial charge in [-0.05, 0) is 42.7 Å². The van der Waals surface area contributed by atoms with Gasteiger partial charge in [0.1, 0.15) is 0 Å². The van der Waals surface area contributed by atoms with Gasteiger partial charge in [0.15, 0.2) is 9.84 Å². The summed E-state index contributed by atoms with van der Waals surface area (Å²) in [5.41, 5.74) is 1.69. The summed E-state index contributed by atoms with van der Waals surface area (Å²) in [4.78, 5) is 15.1. The number of likely N-dealkylation sites (tertiary alicyclic amines) is 1. The number of hydrogen-bond acceptors (Lipinski definition) is 4. The number of sulfone groups is 1. The van der Waals surface area contributed by atoms with Crippen LogP contribution in [0.3, 0.4) is 0 Å². The highest BCUT2D eigenvalue weighted by molar-refractivity contribution is 7.91. The highest BCUT2D eigenvalue weighted by atomic mass is 32.2. The second-order valence-electron chi connectivity index (χ2n) is 7.59. The Hall–Kier alpha value is -2.18. The zero-order valence-corrected chi connectivity index (χ0v) is 17.2. The van der Waals surface area contributed by atoms with Crippen LogP contribution in [-0.4, -0.2) is 51.8 Å². The molecule has 0 radical (unpaired) electrons. The molecule has 1 fully saturated rings. The Morgan fingerprint density at radius 1 is 1.11 bits per heavy atom. The number of rotatable bonds is 6. The number of ether oxygens (including phenoxy) is 1. The molecule has 1 aliphatic heterocycles. The quantitative estimate of drug-likeness (QED) is 0.745. The normalized spacial score (nSPS) is 20.1. The lowest BCUT2D eigenvalue weighted by molar-refractivity contribution is 0.0651. The van der Waals surface area contributed by atoms with E-state index in [2.05, 4.69) is 19.1 Å². The summed E-state index contributed by atoms with van der Waals surface area (Å²) in [5.74, 6) is -0.124. The Bertz CT molecular complexity index is 909.